The summed E-state index contributed by atoms with van der Waals surface area (Å²) in [6.45, 7) is 2.21. The lowest BCUT2D eigenvalue weighted by Gasteiger charge is -2.25. The SMILES string of the molecule is O=C(On1cc(-c2cccs2)cn1)N1CCOCC1. The van der Waals surface area contributed by atoms with E-state index in [0.29, 0.717) is 26.3 Å². The first-order valence-corrected chi connectivity index (χ1v) is 6.84. The summed E-state index contributed by atoms with van der Waals surface area (Å²) >= 11 is 1.62. The minimum Gasteiger partial charge on any atom is -0.378 e. The molecule has 6 nitrogen and oxygen atoms in total. The monoisotopic (exact) mass is 279 g/mol. The molecule has 100 valence electrons. The lowest BCUT2D eigenvalue weighted by Crippen LogP contribution is -2.44. The van der Waals surface area contributed by atoms with Gasteiger partial charge < -0.3 is 9.64 Å². The van der Waals surface area contributed by atoms with Crippen molar-refractivity contribution in [2.45, 2.75) is 0 Å². The summed E-state index contributed by atoms with van der Waals surface area (Å²) in [7, 11) is 0. The normalized spacial score (nSPS) is 15.5. The molecule has 19 heavy (non-hydrogen) atoms. The summed E-state index contributed by atoms with van der Waals surface area (Å²) in [5.74, 6) is 0. The molecule has 1 aliphatic rings. The highest BCUT2D eigenvalue weighted by atomic mass is 32.1. The maximum absolute atomic E-state index is 11.9. The Labute approximate surface area is 114 Å². The molecule has 0 bridgehead atoms. The number of hydrogen-bond acceptors (Lipinski definition) is 5. The highest BCUT2D eigenvalue weighted by Crippen LogP contribution is 2.23. The van der Waals surface area contributed by atoms with Gasteiger partial charge in [-0.25, -0.2) is 4.79 Å². The molecule has 0 unspecified atom stereocenters. The van der Waals surface area contributed by atoms with Crippen LogP contribution >= 0.6 is 11.3 Å². The first-order chi connectivity index (χ1) is 9.33. The molecule has 1 fully saturated rings. The molecule has 0 N–H and O–H groups in total. The van der Waals surface area contributed by atoms with Crippen LogP contribution in [0.25, 0.3) is 10.4 Å². The van der Waals surface area contributed by atoms with Crippen molar-refractivity contribution in [2.24, 2.45) is 0 Å². The minimum atomic E-state index is -0.399. The van der Waals surface area contributed by atoms with Crippen LogP contribution in [0.5, 0.6) is 0 Å². The van der Waals surface area contributed by atoms with Crippen molar-refractivity contribution in [3.8, 4) is 10.4 Å². The van der Waals surface area contributed by atoms with Crippen molar-refractivity contribution in [2.75, 3.05) is 26.3 Å². The second-order valence-corrected chi connectivity index (χ2v) is 5.01. The number of hydrogen-bond donors (Lipinski definition) is 0. The molecule has 0 aromatic carbocycles. The summed E-state index contributed by atoms with van der Waals surface area (Å²) in [5, 5.41) is 6.02. The molecule has 1 aliphatic heterocycles. The van der Waals surface area contributed by atoms with Crippen molar-refractivity contribution in [1.82, 2.24) is 14.8 Å². The van der Waals surface area contributed by atoms with E-state index in [-0.39, 0.29) is 0 Å². The fourth-order valence-corrected chi connectivity index (χ4v) is 2.51. The number of aromatic nitrogens is 2. The Kier molecular flexibility index (Phi) is 3.47. The number of thiophene rings is 1. The van der Waals surface area contributed by atoms with Crippen molar-refractivity contribution in [3.05, 3.63) is 29.9 Å². The van der Waals surface area contributed by atoms with Crippen LogP contribution in [0, 0.1) is 0 Å². The lowest BCUT2D eigenvalue weighted by atomic mass is 10.3. The van der Waals surface area contributed by atoms with E-state index in [0.717, 1.165) is 10.4 Å². The number of amides is 1. The highest BCUT2D eigenvalue weighted by molar-refractivity contribution is 7.13. The van der Waals surface area contributed by atoms with Crippen LogP contribution in [-0.2, 0) is 4.74 Å². The van der Waals surface area contributed by atoms with E-state index in [1.54, 1.807) is 28.6 Å². The molecular formula is C12H13N3O3S. The van der Waals surface area contributed by atoms with E-state index in [4.69, 9.17) is 9.57 Å². The third-order valence-electron chi connectivity index (χ3n) is 2.81. The first kappa shape index (κ1) is 12.2. The molecule has 0 spiro atoms. The Morgan fingerprint density at radius 3 is 3.00 bits per heavy atom. The van der Waals surface area contributed by atoms with E-state index in [1.165, 1.54) is 4.85 Å². The third kappa shape index (κ3) is 2.77. The number of rotatable bonds is 2. The van der Waals surface area contributed by atoms with Crippen LogP contribution in [0.1, 0.15) is 0 Å². The Bertz CT molecular complexity index is 546. The summed E-state index contributed by atoms with van der Waals surface area (Å²) in [5.41, 5.74) is 0.935. The van der Waals surface area contributed by atoms with Gasteiger partial charge in [0, 0.05) is 23.5 Å². The molecule has 1 saturated heterocycles. The summed E-state index contributed by atoms with van der Waals surface area (Å²) in [6.07, 6.45) is 2.98. The molecular weight excluding hydrogens is 266 g/mol. The van der Waals surface area contributed by atoms with Gasteiger partial charge in [0.25, 0.3) is 0 Å². The van der Waals surface area contributed by atoms with Gasteiger partial charge >= 0.3 is 6.09 Å². The smallest absolute Gasteiger partial charge is 0.378 e. The van der Waals surface area contributed by atoms with Gasteiger partial charge in [0.2, 0.25) is 0 Å². The average Bonchev–Trinajstić information content (AvgIpc) is 3.10. The molecule has 7 heteroatoms. The summed E-state index contributed by atoms with van der Waals surface area (Å²) < 4.78 is 5.18. The van der Waals surface area contributed by atoms with Crippen molar-refractivity contribution < 1.29 is 14.4 Å². The Balaban J connectivity index is 1.65. The zero-order valence-corrected chi connectivity index (χ0v) is 11.0. The predicted molar refractivity (Wildman–Crippen MR) is 69.9 cm³/mol. The fourth-order valence-electron chi connectivity index (χ4n) is 1.81. The van der Waals surface area contributed by atoms with Gasteiger partial charge in [0.15, 0.2) is 0 Å². The second kappa shape index (κ2) is 5.41. The van der Waals surface area contributed by atoms with Gasteiger partial charge in [0.1, 0.15) is 0 Å². The van der Waals surface area contributed by atoms with Gasteiger partial charge in [-0.2, -0.15) is 0 Å². The van der Waals surface area contributed by atoms with Crippen LogP contribution in [0.2, 0.25) is 0 Å². The van der Waals surface area contributed by atoms with Crippen LogP contribution in [0.3, 0.4) is 0 Å². The van der Waals surface area contributed by atoms with Gasteiger partial charge in [-0.05, 0) is 11.4 Å². The largest absolute Gasteiger partial charge is 0.436 e. The number of nitrogens with zero attached hydrogens (tertiary/aromatic N) is 3. The molecule has 3 heterocycles. The third-order valence-corrected chi connectivity index (χ3v) is 3.73. The maximum Gasteiger partial charge on any atom is 0.436 e. The van der Waals surface area contributed by atoms with Gasteiger partial charge in [-0.15, -0.1) is 16.4 Å². The van der Waals surface area contributed by atoms with Crippen LogP contribution < -0.4 is 4.84 Å². The maximum atomic E-state index is 11.9. The zero-order valence-electron chi connectivity index (χ0n) is 10.2. The van der Waals surface area contributed by atoms with Crippen LogP contribution in [0.15, 0.2) is 29.9 Å². The molecule has 2 aromatic rings. The number of morpholine rings is 1. The van der Waals surface area contributed by atoms with E-state index in [1.807, 2.05) is 17.5 Å². The quantitative estimate of drug-likeness (QED) is 0.836. The van der Waals surface area contributed by atoms with Gasteiger partial charge in [0.05, 0.1) is 25.6 Å². The molecule has 0 saturated carbocycles. The lowest BCUT2D eigenvalue weighted by molar-refractivity contribution is 0.0198. The van der Waals surface area contributed by atoms with E-state index in [2.05, 4.69) is 5.10 Å². The number of ether oxygens (including phenoxy) is 1. The van der Waals surface area contributed by atoms with E-state index < -0.39 is 6.09 Å². The molecule has 0 atom stereocenters. The van der Waals surface area contributed by atoms with E-state index >= 15 is 0 Å². The van der Waals surface area contributed by atoms with Gasteiger partial charge in [-0.1, -0.05) is 10.9 Å². The second-order valence-electron chi connectivity index (χ2n) is 4.07. The summed E-state index contributed by atoms with van der Waals surface area (Å²) in [6, 6.07) is 3.97. The van der Waals surface area contributed by atoms with Crippen LogP contribution in [0.4, 0.5) is 4.79 Å². The molecule has 0 aliphatic carbocycles. The summed E-state index contributed by atoms with van der Waals surface area (Å²) in [4.78, 5) is 20.9. The minimum absolute atomic E-state index is 0.399. The molecule has 2 aromatic heterocycles. The topological polar surface area (TPSA) is 56.6 Å². The number of carbonyl (C=O) groups excluding carboxylic acids is 1. The zero-order chi connectivity index (χ0) is 13.1. The fraction of sp³-hybridized carbons (Fsp3) is 0.333. The Hall–Kier alpha value is -1.86. The highest BCUT2D eigenvalue weighted by Gasteiger charge is 2.19. The molecule has 1 amide bonds. The van der Waals surface area contributed by atoms with Crippen LogP contribution in [-0.4, -0.2) is 47.2 Å². The standard InChI is InChI=1S/C12H13N3O3S/c16-12(14-3-5-17-6-4-14)18-15-9-10(8-13-15)11-2-1-7-19-11/h1-2,7-9H,3-6H2. The first-order valence-electron chi connectivity index (χ1n) is 5.96. The van der Waals surface area contributed by atoms with Gasteiger partial charge in [-0.3, -0.25) is 4.84 Å². The van der Waals surface area contributed by atoms with E-state index in [9.17, 15) is 4.79 Å². The molecule has 3 rings (SSSR count). The average molecular weight is 279 g/mol. The van der Waals surface area contributed by atoms with Crippen molar-refractivity contribution in [1.29, 1.82) is 0 Å². The van der Waals surface area contributed by atoms with Crippen molar-refractivity contribution >= 4 is 17.4 Å². The predicted octanol–water partition coefficient (Wildman–Crippen LogP) is 1.49. The Morgan fingerprint density at radius 2 is 2.26 bits per heavy atom. The Morgan fingerprint density at radius 1 is 1.42 bits per heavy atom. The van der Waals surface area contributed by atoms with Crippen molar-refractivity contribution in [3.63, 3.8) is 0 Å². The number of carbonyl (C=O) groups is 1. The molecule has 0 radical (unpaired) electrons.